The maximum absolute atomic E-state index is 13.0. The Balaban J connectivity index is 1.88. The second-order valence-electron chi connectivity index (χ2n) is 5.52. The fraction of sp³-hybridized carbons (Fsp3) is 0.158. The average Bonchev–Trinajstić information content (AvgIpc) is 2.97. The van der Waals surface area contributed by atoms with E-state index in [0.717, 1.165) is 11.1 Å². The fourth-order valence-electron chi connectivity index (χ4n) is 2.41. The van der Waals surface area contributed by atoms with Crippen LogP contribution in [0.2, 0.25) is 0 Å². The summed E-state index contributed by atoms with van der Waals surface area (Å²) in [6.07, 6.45) is 1.78. The molecule has 5 nitrogen and oxygen atoms in total. The number of thioether (sulfide) groups is 1. The predicted octanol–water partition coefficient (Wildman–Crippen LogP) is 4.04. The highest BCUT2D eigenvalue weighted by atomic mass is 32.2. The summed E-state index contributed by atoms with van der Waals surface area (Å²) in [6, 6.07) is 9.43. The Bertz CT molecular complexity index is 908. The topological polar surface area (TPSA) is 59.9 Å². The van der Waals surface area contributed by atoms with Gasteiger partial charge in [0.1, 0.15) is 5.82 Å². The number of methoxy groups -OCH3 is 2. The van der Waals surface area contributed by atoms with Crippen LogP contribution in [-0.2, 0) is 4.79 Å². The van der Waals surface area contributed by atoms with Crippen molar-refractivity contribution in [2.75, 3.05) is 14.2 Å². The zero-order chi connectivity index (χ0) is 18.7. The molecule has 1 aliphatic rings. The molecule has 0 unspecified atom stereocenters. The number of hydrogen-bond donors (Lipinski definition) is 1. The zero-order valence-corrected chi connectivity index (χ0v) is 15.3. The first kappa shape index (κ1) is 18.0. The summed E-state index contributed by atoms with van der Waals surface area (Å²) in [6.45, 7) is 1.93. The lowest BCUT2D eigenvalue weighted by atomic mass is 10.1. The van der Waals surface area contributed by atoms with Gasteiger partial charge in [0, 0.05) is 0 Å². The van der Waals surface area contributed by atoms with Crippen molar-refractivity contribution in [3.63, 3.8) is 0 Å². The van der Waals surface area contributed by atoms with E-state index in [1.165, 1.54) is 23.9 Å². The Kier molecular flexibility index (Phi) is 5.27. The number of aryl methyl sites for hydroxylation is 1. The molecule has 1 heterocycles. The number of rotatable bonds is 4. The molecule has 0 aliphatic carbocycles. The molecule has 0 aromatic heterocycles. The second kappa shape index (κ2) is 7.61. The standard InChI is InChI=1S/C19H17FN2O3S/c1-11-8-15(24-2)16(25-3)9-12(11)10-17-18(23)22-19(26-17)21-14-6-4-13(20)5-7-14/h4-10H,1-3H3,(H,21,22,23)/b17-10-. The summed E-state index contributed by atoms with van der Waals surface area (Å²) in [5.74, 6) is 0.661. The van der Waals surface area contributed by atoms with Crippen molar-refractivity contribution in [1.82, 2.24) is 5.32 Å². The van der Waals surface area contributed by atoms with Gasteiger partial charge in [0.15, 0.2) is 16.7 Å². The van der Waals surface area contributed by atoms with E-state index >= 15 is 0 Å². The van der Waals surface area contributed by atoms with Crippen LogP contribution < -0.4 is 14.8 Å². The highest BCUT2D eigenvalue weighted by molar-refractivity contribution is 8.18. The smallest absolute Gasteiger partial charge is 0.264 e. The highest BCUT2D eigenvalue weighted by Gasteiger charge is 2.24. The molecule has 0 spiro atoms. The third-order valence-electron chi connectivity index (χ3n) is 3.77. The van der Waals surface area contributed by atoms with E-state index < -0.39 is 0 Å². The molecule has 7 heteroatoms. The number of amidine groups is 1. The first-order valence-electron chi connectivity index (χ1n) is 7.78. The van der Waals surface area contributed by atoms with E-state index in [1.807, 2.05) is 19.1 Å². The van der Waals surface area contributed by atoms with Gasteiger partial charge in [0.2, 0.25) is 0 Å². The number of carbonyl (C=O) groups excluding carboxylic acids is 1. The van der Waals surface area contributed by atoms with Crippen molar-refractivity contribution in [1.29, 1.82) is 0 Å². The maximum atomic E-state index is 13.0. The summed E-state index contributed by atoms with van der Waals surface area (Å²) in [4.78, 5) is 17.1. The lowest BCUT2D eigenvalue weighted by Crippen LogP contribution is -2.19. The van der Waals surface area contributed by atoms with E-state index in [0.29, 0.717) is 27.3 Å². The first-order chi connectivity index (χ1) is 12.5. The van der Waals surface area contributed by atoms with Crippen molar-refractivity contribution >= 4 is 34.6 Å². The van der Waals surface area contributed by atoms with E-state index in [4.69, 9.17) is 9.47 Å². The molecule has 2 aromatic rings. The van der Waals surface area contributed by atoms with Crippen LogP contribution in [0.25, 0.3) is 6.08 Å². The number of nitrogens with one attached hydrogen (secondary N) is 1. The van der Waals surface area contributed by atoms with Crippen molar-refractivity contribution in [3.8, 4) is 11.5 Å². The molecule has 1 aliphatic heterocycles. The molecule has 1 N–H and O–H groups in total. The Hall–Kier alpha value is -2.80. The maximum Gasteiger partial charge on any atom is 0.264 e. The summed E-state index contributed by atoms with van der Waals surface area (Å²) >= 11 is 1.23. The van der Waals surface area contributed by atoms with Gasteiger partial charge in [0.05, 0.1) is 24.8 Å². The number of benzene rings is 2. The number of aliphatic imine (C=N–C) groups is 1. The number of hydrogen-bond acceptors (Lipinski definition) is 5. The van der Waals surface area contributed by atoms with Gasteiger partial charge in [-0.1, -0.05) is 0 Å². The van der Waals surface area contributed by atoms with Gasteiger partial charge in [-0.3, -0.25) is 4.79 Å². The van der Waals surface area contributed by atoms with E-state index in [2.05, 4.69) is 10.3 Å². The normalized spacial score (nSPS) is 16.8. The monoisotopic (exact) mass is 372 g/mol. The van der Waals surface area contributed by atoms with Crippen LogP contribution in [0.5, 0.6) is 11.5 Å². The molecular weight excluding hydrogens is 355 g/mol. The minimum atomic E-state index is -0.332. The third kappa shape index (κ3) is 3.88. The summed E-state index contributed by atoms with van der Waals surface area (Å²) in [7, 11) is 3.14. The largest absolute Gasteiger partial charge is 0.493 e. The number of ether oxygens (including phenoxy) is 2. The Morgan fingerprint density at radius 2 is 1.77 bits per heavy atom. The number of carbonyl (C=O) groups is 1. The fourth-order valence-corrected chi connectivity index (χ4v) is 3.24. The molecule has 1 amide bonds. The van der Waals surface area contributed by atoms with Crippen LogP contribution in [-0.4, -0.2) is 25.3 Å². The van der Waals surface area contributed by atoms with Gasteiger partial charge in [-0.25, -0.2) is 9.38 Å². The zero-order valence-electron chi connectivity index (χ0n) is 14.5. The molecule has 1 fully saturated rings. The van der Waals surface area contributed by atoms with Crippen molar-refractivity contribution < 1.29 is 18.7 Å². The molecule has 0 saturated carbocycles. The average molecular weight is 372 g/mol. The van der Waals surface area contributed by atoms with E-state index in [-0.39, 0.29) is 11.7 Å². The van der Waals surface area contributed by atoms with Crippen LogP contribution in [0.4, 0.5) is 10.1 Å². The minimum absolute atomic E-state index is 0.231. The lowest BCUT2D eigenvalue weighted by molar-refractivity contribution is -0.115. The quantitative estimate of drug-likeness (QED) is 0.823. The van der Waals surface area contributed by atoms with Crippen molar-refractivity contribution in [2.45, 2.75) is 6.92 Å². The molecule has 26 heavy (non-hydrogen) atoms. The van der Waals surface area contributed by atoms with Gasteiger partial charge in [-0.15, -0.1) is 0 Å². The lowest BCUT2D eigenvalue weighted by Gasteiger charge is -2.10. The molecule has 1 saturated heterocycles. The predicted molar refractivity (Wildman–Crippen MR) is 101 cm³/mol. The van der Waals surface area contributed by atoms with Crippen molar-refractivity contribution in [3.05, 3.63) is 58.2 Å². The van der Waals surface area contributed by atoms with Gasteiger partial charge in [-0.2, -0.15) is 0 Å². The van der Waals surface area contributed by atoms with Crippen molar-refractivity contribution in [2.24, 2.45) is 4.99 Å². The summed E-state index contributed by atoms with van der Waals surface area (Å²) < 4.78 is 23.6. The molecule has 134 valence electrons. The Morgan fingerprint density at radius 1 is 1.12 bits per heavy atom. The second-order valence-corrected chi connectivity index (χ2v) is 6.55. The molecule has 0 radical (unpaired) electrons. The van der Waals surface area contributed by atoms with Crippen LogP contribution in [0.3, 0.4) is 0 Å². The molecule has 0 bridgehead atoms. The molecule has 3 rings (SSSR count). The van der Waals surface area contributed by atoms with Gasteiger partial charge in [-0.05, 0) is 72.3 Å². The Morgan fingerprint density at radius 3 is 2.42 bits per heavy atom. The SMILES string of the molecule is COc1cc(C)c(/C=C2\SC(=Nc3ccc(F)cc3)NC2=O)cc1OC. The van der Waals surface area contributed by atoms with Crippen LogP contribution in [0.15, 0.2) is 46.3 Å². The minimum Gasteiger partial charge on any atom is -0.493 e. The van der Waals surface area contributed by atoms with Gasteiger partial charge >= 0.3 is 0 Å². The highest BCUT2D eigenvalue weighted by Crippen LogP contribution is 2.34. The number of amides is 1. The van der Waals surface area contributed by atoms with Gasteiger partial charge < -0.3 is 14.8 Å². The third-order valence-corrected chi connectivity index (χ3v) is 4.68. The molecular formula is C19H17FN2O3S. The molecule has 2 aromatic carbocycles. The van der Waals surface area contributed by atoms with Gasteiger partial charge in [0.25, 0.3) is 5.91 Å². The van der Waals surface area contributed by atoms with E-state index in [9.17, 15) is 9.18 Å². The van der Waals surface area contributed by atoms with Crippen LogP contribution in [0, 0.1) is 12.7 Å². The number of nitrogens with zero attached hydrogens (tertiary/aromatic N) is 1. The van der Waals surface area contributed by atoms with Crippen LogP contribution >= 0.6 is 11.8 Å². The summed E-state index contributed by atoms with van der Waals surface area (Å²) in [5.41, 5.74) is 2.37. The number of halogens is 1. The first-order valence-corrected chi connectivity index (χ1v) is 8.59. The Labute approximate surface area is 154 Å². The van der Waals surface area contributed by atoms with E-state index in [1.54, 1.807) is 32.4 Å². The van der Waals surface area contributed by atoms with Crippen LogP contribution in [0.1, 0.15) is 11.1 Å². The molecule has 0 atom stereocenters. The summed E-state index contributed by atoms with van der Waals surface area (Å²) in [5, 5.41) is 3.16.